The Hall–Kier alpha value is -1.08. The summed E-state index contributed by atoms with van der Waals surface area (Å²) in [7, 11) is -3.95. The van der Waals surface area contributed by atoms with Crippen LogP contribution < -0.4 is 4.72 Å². The predicted octanol–water partition coefficient (Wildman–Crippen LogP) is 3.34. The second-order valence-corrected chi connectivity index (χ2v) is 7.68. The van der Waals surface area contributed by atoms with Crippen LogP contribution in [0.25, 0.3) is 0 Å². The Labute approximate surface area is 117 Å². The molecule has 0 aliphatic carbocycles. The van der Waals surface area contributed by atoms with Gasteiger partial charge >= 0.3 is 6.18 Å². The first-order valence-corrected chi connectivity index (χ1v) is 7.48. The van der Waals surface area contributed by atoms with E-state index in [1.54, 1.807) is 0 Å². The smallest absolute Gasteiger partial charge is 0.211 e. The normalized spacial score (nSPS) is 13.6. The fourth-order valence-corrected chi connectivity index (χ4v) is 2.87. The van der Waals surface area contributed by atoms with Crippen LogP contribution in [0.2, 0.25) is 0 Å². The van der Waals surface area contributed by atoms with Gasteiger partial charge in [-0.1, -0.05) is 20.8 Å². The van der Waals surface area contributed by atoms with Gasteiger partial charge in [0.15, 0.2) is 0 Å². The van der Waals surface area contributed by atoms with E-state index in [4.69, 9.17) is 0 Å². The molecule has 0 aliphatic heterocycles. The fourth-order valence-electron chi connectivity index (χ4n) is 1.46. The minimum atomic E-state index is -4.57. The second kappa shape index (κ2) is 5.37. The highest BCUT2D eigenvalue weighted by Crippen LogP contribution is 2.31. The van der Waals surface area contributed by atoms with E-state index in [0.717, 1.165) is 6.07 Å². The quantitative estimate of drug-likeness (QED) is 0.931. The van der Waals surface area contributed by atoms with Crippen LogP contribution in [0, 0.1) is 12.3 Å². The first-order chi connectivity index (χ1) is 8.81. The molecule has 0 heterocycles. The molecule has 0 fully saturated rings. The summed E-state index contributed by atoms with van der Waals surface area (Å²) in [4.78, 5) is -0.367. The third kappa shape index (κ3) is 4.79. The average Bonchev–Trinajstić information content (AvgIpc) is 2.23. The zero-order chi connectivity index (χ0) is 15.8. The highest BCUT2D eigenvalue weighted by Gasteiger charge is 2.32. The number of benzene rings is 1. The van der Waals surface area contributed by atoms with E-state index in [1.807, 2.05) is 20.8 Å². The number of hydrogen-bond donors (Lipinski definition) is 1. The molecule has 3 nitrogen and oxygen atoms in total. The van der Waals surface area contributed by atoms with Crippen LogP contribution in [-0.4, -0.2) is 15.0 Å². The van der Waals surface area contributed by atoms with Crippen LogP contribution in [0.1, 0.15) is 31.9 Å². The lowest BCUT2D eigenvalue weighted by Crippen LogP contribution is -2.32. The van der Waals surface area contributed by atoms with Crippen LogP contribution in [-0.2, 0) is 16.2 Å². The van der Waals surface area contributed by atoms with E-state index < -0.39 is 21.8 Å². The van der Waals surface area contributed by atoms with Crippen molar-refractivity contribution in [2.24, 2.45) is 5.41 Å². The lowest BCUT2D eigenvalue weighted by Gasteiger charge is -2.19. The van der Waals surface area contributed by atoms with Gasteiger partial charge in [0.25, 0.3) is 0 Å². The molecule has 0 amide bonds. The molecular formula is C13H18F3NO2S. The van der Waals surface area contributed by atoms with Gasteiger partial charge in [0.05, 0.1) is 10.5 Å². The summed E-state index contributed by atoms with van der Waals surface area (Å²) in [5.41, 5.74) is -1.02. The molecule has 1 aromatic rings. The molecule has 1 aromatic carbocycles. The van der Waals surface area contributed by atoms with E-state index in [1.165, 1.54) is 13.0 Å². The van der Waals surface area contributed by atoms with Gasteiger partial charge in [0.1, 0.15) is 0 Å². The molecule has 0 unspecified atom stereocenters. The summed E-state index contributed by atoms with van der Waals surface area (Å²) < 4.78 is 64.5. The molecule has 0 saturated carbocycles. The van der Waals surface area contributed by atoms with Gasteiger partial charge in [-0.15, -0.1) is 0 Å². The highest BCUT2D eigenvalue weighted by molar-refractivity contribution is 7.89. The molecule has 0 aromatic heterocycles. The molecule has 7 heteroatoms. The summed E-state index contributed by atoms with van der Waals surface area (Å²) in [5, 5.41) is 0. The Balaban J connectivity index is 3.16. The third-order valence-electron chi connectivity index (χ3n) is 2.48. The number of sulfonamides is 1. The van der Waals surface area contributed by atoms with Crippen LogP contribution in [0.3, 0.4) is 0 Å². The molecule has 114 valence electrons. The topological polar surface area (TPSA) is 46.2 Å². The van der Waals surface area contributed by atoms with Gasteiger partial charge < -0.3 is 0 Å². The van der Waals surface area contributed by atoms with Gasteiger partial charge in [-0.25, -0.2) is 13.1 Å². The minimum Gasteiger partial charge on any atom is -0.211 e. The maximum atomic E-state index is 12.7. The van der Waals surface area contributed by atoms with Crippen molar-refractivity contribution in [3.63, 3.8) is 0 Å². The number of nitrogens with one attached hydrogen (secondary N) is 1. The number of halogens is 3. The minimum absolute atomic E-state index is 0.143. The standard InChI is InChI=1S/C13H18F3NO2S/c1-9-5-10(13(14,15)16)7-11(6-9)20(18,19)17-8-12(2,3)4/h5-7,17H,8H2,1-4H3. The Morgan fingerprint density at radius 2 is 1.65 bits per heavy atom. The van der Waals surface area contributed by atoms with Crippen LogP contribution in [0.15, 0.2) is 23.1 Å². The van der Waals surface area contributed by atoms with Crippen molar-refractivity contribution in [2.45, 2.75) is 38.8 Å². The van der Waals surface area contributed by atoms with Crippen molar-refractivity contribution in [2.75, 3.05) is 6.54 Å². The predicted molar refractivity (Wildman–Crippen MR) is 70.8 cm³/mol. The third-order valence-corrected chi connectivity index (χ3v) is 3.86. The fraction of sp³-hybridized carbons (Fsp3) is 0.538. The van der Waals surface area contributed by atoms with Gasteiger partial charge in [-0.3, -0.25) is 0 Å². The second-order valence-electron chi connectivity index (χ2n) is 5.92. The molecule has 0 spiro atoms. The molecule has 0 atom stereocenters. The molecule has 0 aliphatic rings. The largest absolute Gasteiger partial charge is 0.416 e. The maximum Gasteiger partial charge on any atom is 0.416 e. The lowest BCUT2D eigenvalue weighted by atomic mass is 9.98. The van der Waals surface area contributed by atoms with E-state index in [9.17, 15) is 21.6 Å². The number of rotatable bonds is 3. The first kappa shape index (κ1) is 17.0. The van der Waals surface area contributed by atoms with Gasteiger partial charge in [-0.2, -0.15) is 13.2 Å². The average molecular weight is 309 g/mol. The van der Waals surface area contributed by atoms with E-state index >= 15 is 0 Å². The zero-order valence-corrected chi connectivity index (χ0v) is 12.6. The zero-order valence-electron chi connectivity index (χ0n) is 11.8. The highest BCUT2D eigenvalue weighted by atomic mass is 32.2. The summed E-state index contributed by atoms with van der Waals surface area (Å²) in [6, 6.07) is 2.79. The Kier molecular flexibility index (Phi) is 4.55. The number of hydrogen-bond acceptors (Lipinski definition) is 2. The lowest BCUT2D eigenvalue weighted by molar-refractivity contribution is -0.137. The SMILES string of the molecule is Cc1cc(C(F)(F)F)cc(S(=O)(=O)NCC(C)(C)C)c1. The van der Waals surface area contributed by atoms with Crippen molar-refractivity contribution < 1.29 is 21.6 Å². The van der Waals surface area contributed by atoms with E-state index in [2.05, 4.69) is 4.72 Å². The summed E-state index contributed by atoms with van der Waals surface area (Å²) in [5.74, 6) is 0. The summed E-state index contributed by atoms with van der Waals surface area (Å²) in [6.07, 6.45) is -4.57. The molecule has 1 N–H and O–H groups in total. The molecule has 0 saturated heterocycles. The van der Waals surface area contributed by atoms with Gasteiger partial charge in [0.2, 0.25) is 10.0 Å². The van der Waals surface area contributed by atoms with E-state index in [0.29, 0.717) is 6.07 Å². The van der Waals surface area contributed by atoms with Crippen molar-refractivity contribution >= 4 is 10.0 Å². The number of alkyl halides is 3. The van der Waals surface area contributed by atoms with Crippen LogP contribution in [0.4, 0.5) is 13.2 Å². The Morgan fingerprint density at radius 1 is 1.10 bits per heavy atom. The van der Waals surface area contributed by atoms with Crippen molar-refractivity contribution in [3.05, 3.63) is 29.3 Å². The van der Waals surface area contributed by atoms with Crippen LogP contribution in [0.5, 0.6) is 0 Å². The van der Waals surface area contributed by atoms with Crippen LogP contribution >= 0.6 is 0 Å². The Morgan fingerprint density at radius 3 is 2.10 bits per heavy atom. The molecule has 20 heavy (non-hydrogen) atoms. The van der Waals surface area contributed by atoms with Crippen molar-refractivity contribution in [3.8, 4) is 0 Å². The van der Waals surface area contributed by atoms with Gasteiger partial charge in [0, 0.05) is 6.54 Å². The maximum absolute atomic E-state index is 12.7. The summed E-state index contributed by atoms with van der Waals surface area (Å²) in [6.45, 7) is 7.05. The molecule has 1 rings (SSSR count). The molecule has 0 radical (unpaired) electrons. The molecule has 0 bridgehead atoms. The first-order valence-electron chi connectivity index (χ1n) is 6.00. The van der Waals surface area contributed by atoms with E-state index in [-0.39, 0.29) is 22.4 Å². The summed E-state index contributed by atoms with van der Waals surface area (Å²) >= 11 is 0. The van der Waals surface area contributed by atoms with Gasteiger partial charge in [-0.05, 0) is 36.1 Å². The van der Waals surface area contributed by atoms with Crippen molar-refractivity contribution in [1.82, 2.24) is 4.72 Å². The monoisotopic (exact) mass is 309 g/mol. The number of aryl methyl sites for hydroxylation is 1. The van der Waals surface area contributed by atoms with Crippen molar-refractivity contribution in [1.29, 1.82) is 0 Å². The molecular weight excluding hydrogens is 291 g/mol. The Bertz CT molecular complexity index is 587.